The fourth-order valence-electron chi connectivity index (χ4n) is 1.53. The fourth-order valence-corrected chi connectivity index (χ4v) is 4.44. The maximum atomic E-state index is 13.4. The van der Waals surface area contributed by atoms with Gasteiger partial charge in [-0.25, -0.2) is 0 Å². The number of benzene rings is 1. The van der Waals surface area contributed by atoms with Crippen LogP contribution in [-0.2, 0) is 6.15 Å². The summed E-state index contributed by atoms with van der Waals surface area (Å²) in [7, 11) is 0. The molecular formula is C12H9F9O2Sn. The second-order valence-electron chi connectivity index (χ2n) is 4.68. The van der Waals surface area contributed by atoms with Gasteiger partial charge in [-0.05, 0) is 0 Å². The van der Waals surface area contributed by atoms with Gasteiger partial charge in [0.2, 0.25) is 0 Å². The van der Waals surface area contributed by atoms with E-state index in [0.717, 1.165) is 6.92 Å². The van der Waals surface area contributed by atoms with E-state index in [0.29, 0.717) is 0 Å². The molecule has 0 saturated heterocycles. The van der Waals surface area contributed by atoms with Gasteiger partial charge in [0.25, 0.3) is 0 Å². The Bertz CT molecular complexity index is 586. The van der Waals surface area contributed by atoms with E-state index < -0.39 is 48.2 Å². The van der Waals surface area contributed by atoms with Crippen molar-refractivity contribution in [3.63, 3.8) is 0 Å². The normalized spacial score (nSPS) is 15.2. The van der Waals surface area contributed by atoms with Gasteiger partial charge in [0.15, 0.2) is 0 Å². The van der Waals surface area contributed by atoms with Gasteiger partial charge in [-0.2, -0.15) is 0 Å². The van der Waals surface area contributed by atoms with Gasteiger partial charge < -0.3 is 0 Å². The molecule has 2 nitrogen and oxygen atoms in total. The molecule has 12 heteroatoms. The molecule has 0 aliphatic carbocycles. The van der Waals surface area contributed by atoms with E-state index in [1.807, 2.05) is 0 Å². The van der Waals surface area contributed by atoms with Crippen LogP contribution in [0.2, 0.25) is 0 Å². The van der Waals surface area contributed by atoms with E-state index >= 15 is 0 Å². The summed E-state index contributed by atoms with van der Waals surface area (Å²) in [5.41, 5.74) is 0.105. The number of hydrogen-bond donors (Lipinski definition) is 0. The first-order chi connectivity index (χ1) is 10.7. The molecule has 1 unspecified atom stereocenters. The van der Waals surface area contributed by atoms with Gasteiger partial charge in [-0.15, -0.1) is 0 Å². The van der Waals surface area contributed by atoms with Gasteiger partial charge in [0.05, 0.1) is 0 Å². The molecule has 1 aromatic rings. The van der Waals surface area contributed by atoms with Crippen LogP contribution < -0.4 is 0 Å². The predicted octanol–water partition coefficient (Wildman–Crippen LogP) is 4.69. The Morgan fingerprint density at radius 2 is 1.33 bits per heavy atom. The first-order valence-corrected chi connectivity index (χ1v) is 9.88. The van der Waals surface area contributed by atoms with Crippen molar-refractivity contribution in [2.75, 3.05) is 0 Å². The molecule has 0 spiro atoms. The first-order valence-electron chi connectivity index (χ1n) is 6.12. The molecule has 0 aliphatic heterocycles. The molecule has 1 atom stereocenters. The van der Waals surface area contributed by atoms with Crippen LogP contribution in [-0.4, -0.2) is 42.1 Å². The van der Waals surface area contributed by atoms with Crippen LogP contribution in [0.15, 0.2) is 30.3 Å². The Morgan fingerprint density at radius 1 is 0.875 bits per heavy atom. The Kier molecular flexibility index (Phi) is 6.01. The summed E-state index contributed by atoms with van der Waals surface area (Å²) in [6.07, 6.45) is -8.41. The average molecular weight is 475 g/mol. The van der Waals surface area contributed by atoms with Crippen LogP contribution >= 0.6 is 0 Å². The Hall–Kier alpha value is -0.851. The molecule has 0 aliphatic rings. The fraction of sp³-hybridized carbons (Fsp3) is 0.500. The van der Waals surface area contributed by atoms with E-state index in [1.54, 1.807) is 0 Å². The average Bonchev–Trinajstić information content (AvgIpc) is 2.46. The molecule has 0 N–H and O–H groups in total. The standard InChI is InChI=1S/C8H9O.C4F9.O.Sn/c1-7(9)8-5-3-2-4-6-8;5-1(6)2(7,8)3(9,10)4(11,12)13;;/h2-7H,1H3;;;/q-1;;;+1. The summed E-state index contributed by atoms with van der Waals surface area (Å²) in [5.74, 6) is -14.0. The van der Waals surface area contributed by atoms with Crippen molar-refractivity contribution in [2.45, 2.75) is 35.0 Å². The number of halogens is 9. The monoisotopic (exact) mass is 476 g/mol. The van der Waals surface area contributed by atoms with Crippen molar-refractivity contribution in [3.8, 4) is 0 Å². The Balaban J connectivity index is 3.07. The molecular weight excluding hydrogens is 466 g/mol. The van der Waals surface area contributed by atoms with Crippen LogP contribution in [0.1, 0.15) is 18.6 Å². The SMILES string of the molecule is CC([O][Sn](=[O])[C](F)(F)C(F)(F)C(F)(F)C(F)(F)F)c1ccccc1. The van der Waals surface area contributed by atoms with Gasteiger partial charge >= 0.3 is 137 Å². The Morgan fingerprint density at radius 3 is 1.75 bits per heavy atom. The third kappa shape index (κ3) is 3.70. The molecule has 0 radical (unpaired) electrons. The molecule has 0 saturated carbocycles. The zero-order valence-electron chi connectivity index (χ0n) is 11.7. The summed E-state index contributed by atoms with van der Waals surface area (Å²) in [6.45, 7) is 1.02. The maximum absolute atomic E-state index is 13.4. The van der Waals surface area contributed by atoms with Crippen LogP contribution in [0.25, 0.3) is 0 Å². The summed E-state index contributed by atoms with van der Waals surface area (Å²) in [5, 5.41) is 0. The third-order valence-electron chi connectivity index (χ3n) is 2.95. The van der Waals surface area contributed by atoms with E-state index in [1.165, 1.54) is 30.3 Å². The molecule has 136 valence electrons. The molecule has 1 aromatic carbocycles. The number of rotatable bonds is 6. The van der Waals surface area contributed by atoms with Gasteiger partial charge in [0.1, 0.15) is 0 Å². The van der Waals surface area contributed by atoms with Crippen molar-refractivity contribution >= 4 is 20.2 Å². The molecule has 0 bridgehead atoms. The van der Waals surface area contributed by atoms with Crippen LogP contribution in [0.4, 0.5) is 39.5 Å². The quantitative estimate of drug-likeness (QED) is 0.441. The zero-order valence-corrected chi connectivity index (χ0v) is 14.5. The van der Waals surface area contributed by atoms with Crippen molar-refractivity contribution < 1.29 is 45.7 Å². The van der Waals surface area contributed by atoms with Crippen LogP contribution in [0, 0.1) is 0 Å². The Labute approximate surface area is 137 Å². The van der Waals surface area contributed by atoms with Crippen molar-refractivity contribution in [1.29, 1.82) is 0 Å². The summed E-state index contributed by atoms with van der Waals surface area (Å²) in [4.78, 5) is 0. The molecule has 24 heavy (non-hydrogen) atoms. The molecule has 0 fully saturated rings. The second kappa shape index (κ2) is 6.81. The minimum absolute atomic E-state index is 0.105. The van der Waals surface area contributed by atoms with E-state index in [-0.39, 0.29) is 5.56 Å². The molecule has 0 heterocycles. The van der Waals surface area contributed by atoms with Gasteiger partial charge in [-0.3, -0.25) is 0 Å². The second-order valence-corrected chi connectivity index (χ2v) is 8.79. The summed E-state index contributed by atoms with van der Waals surface area (Å²) >= 11 is -6.41. The predicted molar refractivity (Wildman–Crippen MR) is 63.3 cm³/mol. The van der Waals surface area contributed by atoms with Gasteiger partial charge in [0, 0.05) is 0 Å². The molecule has 0 amide bonds. The number of alkyl halides is 9. The van der Waals surface area contributed by atoms with Crippen molar-refractivity contribution in [2.24, 2.45) is 0 Å². The van der Waals surface area contributed by atoms with E-state index in [4.69, 9.17) is 0 Å². The third-order valence-corrected chi connectivity index (χ3v) is 6.93. The van der Waals surface area contributed by atoms with E-state index in [9.17, 15) is 42.6 Å². The molecule has 0 aromatic heterocycles. The van der Waals surface area contributed by atoms with Crippen LogP contribution in [0.5, 0.6) is 0 Å². The topological polar surface area (TPSA) is 26.3 Å². The van der Waals surface area contributed by atoms with Crippen LogP contribution in [0.3, 0.4) is 0 Å². The summed E-state index contributed by atoms with van der Waals surface area (Å²) < 4.78 is 124. The zero-order chi connectivity index (χ0) is 19.0. The van der Waals surface area contributed by atoms with Gasteiger partial charge in [-0.1, -0.05) is 0 Å². The summed E-state index contributed by atoms with van der Waals surface area (Å²) in [6, 6.07) is 6.85. The van der Waals surface area contributed by atoms with Crippen molar-refractivity contribution in [3.05, 3.63) is 35.9 Å². The number of hydrogen-bond acceptors (Lipinski definition) is 2. The van der Waals surface area contributed by atoms with Crippen molar-refractivity contribution in [1.82, 2.24) is 0 Å². The minimum atomic E-state index is -7.07. The first kappa shape index (κ1) is 21.2. The molecule has 1 rings (SSSR count). The van der Waals surface area contributed by atoms with E-state index in [2.05, 4.69) is 3.07 Å².